The zero-order valence-electron chi connectivity index (χ0n) is 7.91. The maximum atomic E-state index is 11.1. The van der Waals surface area contributed by atoms with Crippen LogP contribution < -0.4 is 0 Å². The number of benzene rings is 1. The van der Waals surface area contributed by atoms with Crippen molar-refractivity contribution in [1.82, 2.24) is 0 Å². The topological polar surface area (TPSA) is 37.3 Å². The molecule has 0 aliphatic carbocycles. The predicted molar refractivity (Wildman–Crippen MR) is 69.4 cm³/mol. The summed E-state index contributed by atoms with van der Waals surface area (Å²) in [5.74, 6) is -0.954. The zero-order valence-corrected chi connectivity index (χ0v) is 11.1. The van der Waals surface area contributed by atoms with Crippen LogP contribution in [0, 0.1) is 0 Å². The quantitative estimate of drug-likeness (QED) is 0.883. The van der Waals surface area contributed by atoms with E-state index >= 15 is 0 Å². The van der Waals surface area contributed by atoms with Crippen molar-refractivity contribution in [2.45, 2.75) is 0 Å². The van der Waals surface area contributed by atoms with Gasteiger partial charge in [0.05, 0.1) is 5.56 Å². The highest BCUT2D eigenvalue weighted by Crippen LogP contribution is 2.35. The van der Waals surface area contributed by atoms with Crippen LogP contribution in [0.25, 0.3) is 11.1 Å². The van der Waals surface area contributed by atoms with Gasteiger partial charge in [-0.3, -0.25) is 0 Å². The maximum Gasteiger partial charge on any atom is 0.336 e. The van der Waals surface area contributed by atoms with Crippen molar-refractivity contribution in [3.63, 3.8) is 0 Å². The molecule has 0 atom stereocenters. The van der Waals surface area contributed by atoms with E-state index in [2.05, 4.69) is 15.9 Å². The second-order valence-corrected chi connectivity index (χ2v) is 5.16. The summed E-state index contributed by atoms with van der Waals surface area (Å²) in [4.78, 5) is 11.1. The number of carboxylic acids is 1. The molecule has 16 heavy (non-hydrogen) atoms. The first-order valence-electron chi connectivity index (χ1n) is 4.34. The number of hydrogen-bond acceptors (Lipinski definition) is 2. The highest BCUT2D eigenvalue weighted by atomic mass is 79.9. The molecular weight excluding hydrogens is 312 g/mol. The highest BCUT2D eigenvalue weighted by Gasteiger charge is 2.14. The third-order valence-electron chi connectivity index (χ3n) is 2.12. The Morgan fingerprint density at radius 3 is 2.62 bits per heavy atom. The van der Waals surface area contributed by atoms with Crippen molar-refractivity contribution >= 4 is 44.8 Å². The minimum absolute atomic E-state index is 0.253. The molecule has 0 fully saturated rings. The lowest BCUT2D eigenvalue weighted by molar-refractivity contribution is 0.0698. The number of halogens is 2. The summed E-state index contributed by atoms with van der Waals surface area (Å²) in [7, 11) is 0. The van der Waals surface area contributed by atoms with Crippen molar-refractivity contribution in [1.29, 1.82) is 0 Å². The lowest BCUT2D eigenvalue weighted by Crippen LogP contribution is -1.99. The monoisotopic (exact) mass is 316 g/mol. The summed E-state index contributed by atoms with van der Waals surface area (Å²) in [6.07, 6.45) is 0. The fraction of sp³-hybridized carbons (Fsp3) is 0. The van der Waals surface area contributed by atoms with E-state index in [0.29, 0.717) is 10.6 Å². The molecule has 1 aromatic carbocycles. The highest BCUT2D eigenvalue weighted by molar-refractivity contribution is 9.10. The molecule has 1 aromatic heterocycles. The van der Waals surface area contributed by atoms with Crippen molar-refractivity contribution in [2.24, 2.45) is 0 Å². The van der Waals surface area contributed by atoms with Gasteiger partial charge >= 0.3 is 5.97 Å². The standard InChI is InChI=1S/C11H6BrClO2S/c12-10-5-16-4-9(10)8-3-6(13)1-2-7(8)11(14)15/h1-5H,(H,14,15). The Kier molecular flexibility index (Phi) is 3.33. The molecule has 0 aliphatic rings. The summed E-state index contributed by atoms with van der Waals surface area (Å²) in [5.41, 5.74) is 1.74. The average Bonchev–Trinajstić information content (AvgIpc) is 2.63. The fourth-order valence-electron chi connectivity index (χ4n) is 1.40. The van der Waals surface area contributed by atoms with Gasteiger partial charge in [0, 0.05) is 20.4 Å². The van der Waals surface area contributed by atoms with E-state index in [9.17, 15) is 4.79 Å². The SMILES string of the molecule is O=C(O)c1ccc(Cl)cc1-c1cscc1Br. The molecule has 82 valence electrons. The molecule has 0 unspecified atom stereocenters. The Morgan fingerprint density at radius 2 is 2.06 bits per heavy atom. The molecule has 0 spiro atoms. The summed E-state index contributed by atoms with van der Waals surface area (Å²) < 4.78 is 0.877. The average molecular weight is 318 g/mol. The molecule has 1 N–H and O–H groups in total. The minimum Gasteiger partial charge on any atom is -0.478 e. The molecule has 0 saturated heterocycles. The van der Waals surface area contributed by atoms with Gasteiger partial charge in [-0.25, -0.2) is 4.79 Å². The molecule has 0 radical (unpaired) electrons. The summed E-state index contributed by atoms with van der Waals surface area (Å²) >= 11 is 10.8. The van der Waals surface area contributed by atoms with Crippen LogP contribution in [0.5, 0.6) is 0 Å². The van der Waals surface area contributed by atoms with Gasteiger partial charge in [0.15, 0.2) is 0 Å². The number of rotatable bonds is 2. The fourth-order valence-corrected chi connectivity index (χ4v) is 3.08. The van der Waals surface area contributed by atoms with Gasteiger partial charge in [0.2, 0.25) is 0 Å². The number of aromatic carboxylic acids is 1. The van der Waals surface area contributed by atoms with E-state index in [1.807, 2.05) is 10.8 Å². The normalized spacial score (nSPS) is 10.4. The molecule has 0 bridgehead atoms. The Balaban J connectivity index is 2.67. The molecule has 0 amide bonds. The van der Waals surface area contributed by atoms with Crippen LogP contribution in [0.2, 0.25) is 5.02 Å². The van der Waals surface area contributed by atoms with Crippen molar-refractivity contribution in [3.8, 4) is 11.1 Å². The van der Waals surface area contributed by atoms with Crippen molar-refractivity contribution < 1.29 is 9.90 Å². The van der Waals surface area contributed by atoms with Gasteiger partial charge in [0.1, 0.15) is 0 Å². The van der Waals surface area contributed by atoms with Crippen LogP contribution in [0.15, 0.2) is 33.4 Å². The van der Waals surface area contributed by atoms with E-state index in [4.69, 9.17) is 16.7 Å². The van der Waals surface area contributed by atoms with E-state index in [1.165, 1.54) is 17.4 Å². The largest absolute Gasteiger partial charge is 0.478 e. The van der Waals surface area contributed by atoms with Crippen LogP contribution >= 0.6 is 38.9 Å². The Morgan fingerprint density at radius 1 is 1.31 bits per heavy atom. The predicted octanol–water partition coefficient (Wildman–Crippen LogP) is 4.53. The van der Waals surface area contributed by atoms with Gasteiger partial charge in [-0.15, -0.1) is 0 Å². The van der Waals surface area contributed by atoms with Crippen LogP contribution in [0.3, 0.4) is 0 Å². The first-order valence-corrected chi connectivity index (χ1v) is 6.46. The van der Waals surface area contributed by atoms with Crippen LogP contribution in [0.4, 0.5) is 0 Å². The summed E-state index contributed by atoms with van der Waals surface area (Å²) in [6, 6.07) is 4.76. The molecule has 2 aromatic rings. The lowest BCUT2D eigenvalue weighted by Gasteiger charge is -2.05. The van der Waals surface area contributed by atoms with Crippen molar-refractivity contribution in [2.75, 3.05) is 0 Å². The molecule has 0 saturated carbocycles. The zero-order chi connectivity index (χ0) is 11.7. The molecule has 2 rings (SSSR count). The maximum absolute atomic E-state index is 11.1. The molecule has 2 nitrogen and oxygen atoms in total. The van der Waals surface area contributed by atoms with E-state index in [-0.39, 0.29) is 5.56 Å². The van der Waals surface area contributed by atoms with Gasteiger partial charge in [-0.1, -0.05) is 11.6 Å². The van der Waals surface area contributed by atoms with Crippen LogP contribution in [-0.2, 0) is 0 Å². The molecule has 5 heteroatoms. The van der Waals surface area contributed by atoms with E-state index in [1.54, 1.807) is 12.1 Å². The summed E-state index contributed by atoms with van der Waals surface area (Å²) in [5, 5.41) is 13.4. The number of carboxylic acid groups (broad SMARTS) is 1. The Labute approximate surface area is 110 Å². The van der Waals surface area contributed by atoms with Crippen LogP contribution in [-0.4, -0.2) is 11.1 Å². The van der Waals surface area contributed by atoms with Gasteiger partial charge in [0.25, 0.3) is 0 Å². The number of hydrogen-bond donors (Lipinski definition) is 1. The minimum atomic E-state index is -0.954. The molecular formula is C11H6BrClO2S. The van der Waals surface area contributed by atoms with Gasteiger partial charge in [-0.2, -0.15) is 11.3 Å². The second kappa shape index (κ2) is 4.57. The molecule has 0 aliphatic heterocycles. The third kappa shape index (κ3) is 2.14. The first kappa shape index (κ1) is 11.6. The van der Waals surface area contributed by atoms with Crippen molar-refractivity contribution in [3.05, 3.63) is 44.0 Å². The van der Waals surface area contributed by atoms with Gasteiger partial charge in [-0.05, 0) is 45.1 Å². The third-order valence-corrected chi connectivity index (χ3v) is 4.05. The van der Waals surface area contributed by atoms with E-state index < -0.39 is 5.97 Å². The number of thiophene rings is 1. The Bertz CT molecular complexity index is 551. The number of carbonyl (C=O) groups is 1. The molecule has 1 heterocycles. The van der Waals surface area contributed by atoms with Crippen LogP contribution in [0.1, 0.15) is 10.4 Å². The lowest BCUT2D eigenvalue weighted by atomic mass is 10.0. The van der Waals surface area contributed by atoms with Gasteiger partial charge < -0.3 is 5.11 Å². The van der Waals surface area contributed by atoms with E-state index in [0.717, 1.165) is 10.0 Å². The second-order valence-electron chi connectivity index (χ2n) is 3.13. The first-order chi connectivity index (χ1) is 7.59. The summed E-state index contributed by atoms with van der Waals surface area (Å²) in [6.45, 7) is 0. The Hall–Kier alpha value is -0.840. The smallest absolute Gasteiger partial charge is 0.336 e.